The van der Waals surface area contributed by atoms with Crippen LogP contribution in [-0.2, 0) is 21.2 Å². The largest absolute Gasteiger partial charge is 0.286 e. The molecule has 0 bridgehead atoms. The maximum Gasteiger partial charge on any atom is 0.286 e. The van der Waals surface area contributed by atoms with Crippen LogP contribution in [0.15, 0.2) is 77.7 Å². The van der Waals surface area contributed by atoms with Crippen LogP contribution in [-0.4, -0.2) is 28.8 Å². The molecule has 1 fully saturated rings. The second-order valence-electron chi connectivity index (χ2n) is 7.04. The van der Waals surface area contributed by atoms with Crippen molar-refractivity contribution in [2.24, 2.45) is 0 Å². The number of carbonyl (C=O) groups excluding carboxylic acids is 2. The second-order valence-corrected chi connectivity index (χ2v) is 10.0. The van der Waals surface area contributed by atoms with Gasteiger partial charge in [0.05, 0.1) is 21.2 Å². The summed E-state index contributed by atoms with van der Waals surface area (Å²) in [4.78, 5) is 23.6. The van der Waals surface area contributed by atoms with Crippen LogP contribution in [0.4, 0.5) is 4.79 Å². The number of hydrogen-bond acceptors (Lipinski definition) is 5. The zero-order valence-electron chi connectivity index (χ0n) is 15.6. The lowest BCUT2D eigenvalue weighted by atomic mass is 10.1. The Morgan fingerprint density at radius 2 is 1.57 bits per heavy atom. The molecule has 0 aliphatic carbocycles. The molecule has 1 saturated heterocycles. The Morgan fingerprint density at radius 3 is 2.30 bits per heavy atom. The van der Waals surface area contributed by atoms with Crippen LogP contribution in [0.5, 0.6) is 0 Å². The summed E-state index contributed by atoms with van der Waals surface area (Å²) in [6.45, 7) is 0. The molecule has 2 heterocycles. The number of nitrogens with one attached hydrogen (secondary N) is 1. The molecular formula is C22H16N2O4S2. The molecular weight excluding hydrogens is 420 g/mol. The molecule has 0 saturated carbocycles. The van der Waals surface area contributed by atoms with E-state index in [0.29, 0.717) is 17.5 Å². The fraction of sp³-hybridized carbons (Fsp3) is 0.0909. The number of para-hydroxylation sites is 1. The summed E-state index contributed by atoms with van der Waals surface area (Å²) in [6.07, 6.45) is 0.338. The van der Waals surface area contributed by atoms with Gasteiger partial charge in [-0.3, -0.25) is 14.9 Å². The highest BCUT2D eigenvalue weighted by Gasteiger charge is 2.32. The van der Waals surface area contributed by atoms with Crippen LogP contribution >= 0.6 is 11.8 Å². The minimum absolute atomic E-state index is 0.203. The standard InChI is InChI=1S/C22H16N2O4S2/c25-21-20(29-22(26)23-21)13-14-10-11-17-16-8-4-5-9-18(16)24(19(17)12-14)30(27,28)15-6-2-1-3-7-15/h1-12,20H,13H2,(H,23,25,26). The van der Waals surface area contributed by atoms with Crippen LogP contribution in [0.2, 0.25) is 0 Å². The van der Waals surface area contributed by atoms with E-state index in [2.05, 4.69) is 5.32 Å². The van der Waals surface area contributed by atoms with Crippen LogP contribution < -0.4 is 5.32 Å². The quantitative estimate of drug-likeness (QED) is 0.524. The lowest BCUT2D eigenvalue weighted by molar-refractivity contribution is -0.118. The zero-order chi connectivity index (χ0) is 20.9. The zero-order valence-corrected chi connectivity index (χ0v) is 17.2. The molecule has 2 amide bonds. The van der Waals surface area contributed by atoms with E-state index in [1.54, 1.807) is 42.5 Å². The Balaban J connectivity index is 1.72. The van der Waals surface area contributed by atoms with Crippen molar-refractivity contribution in [3.63, 3.8) is 0 Å². The van der Waals surface area contributed by atoms with Gasteiger partial charge in [0, 0.05) is 10.8 Å². The number of hydrogen-bond donors (Lipinski definition) is 1. The normalized spacial score (nSPS) is 17.0. The first-order valence-electron chi connectivity index (χ1n) is 9.29. The van der Waals surface area contributed by atoms with Gasteiger partial charge < -0.3 is 0 Å². The minimum Gasteiger partial charge on any atom is -0.286 e. The molecule has 30 heavy (non-hydrogen) atoms. The Kier molecular flexibility index (Phi) is 4.41. The molecule has 150 valence electrons. The molecule has 1 unspecified atom stereocenters. The third kappa shape index (κ3) is 3.00. The van der Waals surface area contributed by atoms with Crippen molar-refractivity contribution in [2.45, 2.75) is 16.6 Å². The van der Waals surface area contributed by atoms with Gasteiger partial charge >= 0.3 is 0 Å². The van der Waals surface area contributed by atoms with Gasteiger partial charge in [0.25, 0.3) is 15.3 Å². The average molecular weight is 437 g/mol. The van der Waals surface area contributed by atoms with E-state index in [-0.39, 0.29) is 16.0 Å². The molecule has 0 radical (unpaired) electrons. The summed E-state index contributed by atoms with van der Waals surface area (Å²) < 4.78 is 28.4. The number of thioether (sulfide) groups is 1. The second kappa shape index (κ2) is 7.00. The van der Waals surface area contributed by atoms with Crippen LogP contribution in [0.3, 0.4) is 0 Å². The van der Waals surface area contributed by atoms with E-state index in [1.165, 1.54) is 3.97 Å². The highest BCUT2D eigenvalue weighted by atomic mass is 32.2. The van der Waals surface area contributed by atoms with Gasteiger partial charge in [0.1, 0.15) is 0 Å². The fourth-order valence-corrected chi connectivity index (χ4v) is 6.21. The number of imide groups is 1. The summed E-state index contributed by atoms with van der Waals surface area (Å²) in [5.41, 5.74) is 1.93. The van der Waals surface area contributed by atoms with E-state index in [1.807, 2.05) is 30.3 Å². The van der Waals surface area contributed by atoms with E-state index < -0.39 is 15.3 Å². The summed E-state index contributed by atoms with van der Waals surface area (Å²) in [6, 6.07) is 21.2. The van der Waals surface area contributed by atoms with Crippen molar-refractivity contribution in [3.05, 3.63) is 78.4 Å². The molecule has 0 spiro atoms. The van der Waals surface area contributed by atoms with Gasteiger partial charge in [0.15, 0.2) is 0 Å². The van der Waals surface area contributed by atoms with Gasteiger partial charge in [-0.15, -0.1) is 0 Å². The van der Waals surface area contributed by atoms with Crippen molar-refractivity contribution in [1.29, 1.82) is 0 Å². The smallest absolute Gasteiger partial charge is 0.286 e. The summed E-state index contributed by atoms with van der Waals surface area (Å²) in [7, 11) is -3.83. The first kappa shape index (κ1) is 18.9. The van der Waals surface area contributed by atoms with Crippen molar-refractivity contribution < 1.29 is 18.0 Å². The molecule has 3 aromatic carbocycles. The van der Waals surface area contributed by atoms with Crippen molar-refractivity contribution in [2.75, 3.05) is 0 Å². The van der Waals surface area contributed by atoms with Gasteiger partial charge in [-0.1, -0.05) is 60.3 Å². The minimum atomic E-state index is -3.83. The molecule has 6 nitrogen and oxygen atoms in total. The molecule has 4 aromatic rings. The number of aromatic nitrogens is 1. The van der Waals surface area contributed by atoms with E-state index in [9.17, 15) is 18.0 Å². The van der Waals surface area contributed by atoms with Gasteiger partial charge in [-0.05, 0) is 36.2 Å². The fourth-order valence-electron chi connectivity index (χ4n) is 3.81. The summed E-state index contributed by atoms with van der Waals surface area (Å²) in [5, 5.41) is 3.07. The number of nitrogens with zero attached hydrogens (tertiary/aromatic N) is 1. The van der Waals surface area contributed by atoms with Crippen LogP contribution in [0, 0.1) is 0 Å². The number of rotatable bonds is 4. The summed E-state index contributed by atoms with van der Waals surface area (Å²) in [5.74, 6) is -0.317. The van der Waals surface area contributed by atoms with Crippen LogP contribution in [0.25, 0.3) is 21.8 Å². The molecule has 1 aliphatic heterocycles. The van der Waals surface area contributed by atoms with E-state index >= 15 is 0 Å². The predicted octanol–water partition coefficient (Wildman–Crippen LogP) is 3.93. The predicted molar refractivity (Wildman–Crippen MR) is 117 cm³/mol. The van der Waals surface area contributed by atoms with Crippen molar-refractivity contribution >= 4 is 54.7 Å². The third-order valence-corrected chi connectivity index (χ3v) is 7.89. The van der Waals surface area contributed by atoms with Gasteiger partial charge in [0.2, 0.25) is 5.91 Å². The van der Waals surface area contributed by atoms with Gasteiger partial charge in [-0.25, -0.2) is 12.4 Å². The van der Waals surface area contributed by atoms with Crippen LogP contribution in [0.1, 0.15) is 5.56 Å². The van der Waals surface area contributed by atoms with Crippen molar-refractivity contribution in [1.82, 2.24) is 9.29 Å². The molecule has 1 aliphatic rings. The molecule has 5 rings (SSSR count). The lowest BCUT2D eigenvalue weighted by Gasteiger charge is -2.10. The number of benzene rings is 3. The molecule has 1 aromatic heterocycles. The number of fused-ring (bicyclic) bond motifs is 3. The average Bonchev–Trinajstić information content (AvgIpc) is 3.24. The number of carbonyl (C=O) groups is 2. The van der Waals surface area contributed by atoms with Crippen molar-refractivity contribution in [3.8, 4) is 0 Å². The topological polar surface area (TPSA) is 85.2 Å². The first-order valence-corrected chi connectivity index (χ1v) is 11.6. The van der Waals surface area contributed by atoms with E-state index in [0.717, 1.165) is 28.1 Å². The highest BCUT2D eigenvalue weighted by molar-refractivity contribution is 8.15. The third-order valence-electron chi connectivity index (χ3n) is 5.16. The Morgan fingerprint density at radius 1 is 0.867 bits per heavy atom. The van der Waals surface area contributed by atoms with E-state index in [4.69, 9.17) is 0 Å². The SMILES string of the molecule is O=C1NC(=O)C(Cc2ccc3c4ccccc4n(S(=O)(=O)c4ccccc4)c3c2)S1. The lowest BCUT2D eigenvalue weighted by Crippen LogP contribution is -2.25. The molecule has 1 N–H and O–H groups in total. The maximum atomic E-state index is 13.5. The Bertz CT molecular complexity index is 1430. The Labute approximate surface area is 176 Å². The number of amides is 2. The maximum absolute atomic E-state index is 13.5. The highest BCUT2D eigenvalue weighted by Crippen LogP contribution is 2.34. The first-order chi connectivity index (χ1) is 14.4. The summed E-state index contributed by atoms with van der Waals surface area (Å²) >= 11 is 0.961. The Hall–Kier alpha value is -3.10. The monoisotopic (exact) mass is 436 g/mol. The molecule has 1 atom stereocenters. The molecule has 8 heteroatoms. The van der Waals surface area contributed by atoms with Gasteiger partial charge in [-0.2, -0.15) is 0 Å².